The van der Waals surface area contributed by atoms with Gasteiger partial charge in [-0.3, -0.25) is 19.2 Å². The van der Waals surface area contributed by atoms with Gasteiger partial charge in [-0.15, -0.1) is 11.8 Å². The number of hydrogen-bond donors (Lipinski definition) is 3. The number of benzene rings is 3. The Bertz CT molecular complexity index is 1510. The van der Waals surface area contributed by atoms with Crippen molar-refractivity contribution in [1.82, 2.24) is 5.32 Å². The van der Waals surface area contributed by atoms with Crippen molar-refractivity contribution in [3.05, 3.63) is 120 Å². The van der Waals surface area contributed by atoms with Gasteiger partial charge < -0.3 is 20.4 Å². The van der Waals surface area contributed by atoms with Crippen molar-refractivity contribution in [2.45, 2.75) is 24.0 Å². The average molecular weight is 554 g/mol. The molecule has 8 nitrogen and oxygen atoms in total. The van der Waals surface area contributed by atoms with Gasteiger partial charge in [0.05, 0.1) is 11.5 Å². The fourth-order valence-electron chi connectivity index (χ4n) is 3.56. The van der Waals surface area contributed by atoms with Gasteiger partial charge >= 0.3 is 0 Å². The van der Waals surface area contributed by atoms with Gasteiger partial charge in [0.25, 0.3) is 11.8 Å². The highest BCUT2D eigenvalue weighted by atomic mass is 32.2. The summed E-state index contributed by atoms with van der Waals surface area (Å²) in [7, 11) is 0. The number of amides is 3. The van der Waals surface area contributed by atoms with Crippen LogP contribution in [0.15, 0.2) is 112 Å². The van der Waals surface area contributed by atoms with Gasteiger partial charge in [0.1, 0.15) is 11.5 Å². The Hall–Kier alpha value is -4.89. The van der Waals surface area contributed by atoms with Gasteiger partial charge in [-0.25, -0.2) is 0 Å². The zero-order valence-corrected chi connectivity index (χ0v) is 22.7. The summed E-state index contributed by atoms with van der Waals surface area (Å²) in [4.78, 5) is 50.7. The number of Topliss-reactive ketones (excluding diaryl/α,β-unsaturated/α-hetero) is 1. The summed E-state index contributed by atoms with van der Waals surface area (Å²) in [5.41, 5.74) is 2.13. The topological polar surface area (TPSA) is 118 Å². The second kappa shape index (κ2) is 13.3. The van der Waals surface area contributed by atoms with Gasteiger partial charge in [-0.1, -0.05) is 18.2 Å². The van der Waals surface area contributed by atoms with Crippen molar-refractivity contribution in [2.75, 3.05) is 10.6 Å². The first-order chi connectivity index (χ1) is 19.3. The number of nitrogens with one attached hydrogen (secondary N) is 3. The molecule has 1 heterocycles. The first-order valence-electron chi connectivity index (χ1n) is 12.4. The SMILES string of the molecule is CC(=O)c1ccc(NC(=O)C(C)Sc2ccc(NC(=O)/C(=C/c3ccco3)NC(=O)c3ccccc3)cc2)cc1. The molecule has 0 bridgehead atoms. The molecule has 0 spiro atoms. The Morgan fingerprint density at radius 1 is 0.775 bits per heavy atom. The van der Waals surface area contributed by atoms with E-state index in [0.717, 1.165) is 4.90 Å². The van der Waals surface area contributed by atoms with Crippen LogP contribution in [0.25, 0.3) is 6.08 Å². The van der Waals surface area contributed by atoms with Crippen LogP contribution in [0.2, 0.25) is 0 Å². The molecule has 4 aromatic rings. The Labute approximate surface area is 235 Å². The van der Waals surface area contributed by atoms with Crippen LogP contribution in [0.3, 0.4) is 0 Å². The van der Waals surface area contributed by atoms with E-state index in [0.29, 0.717) is 28.3 Å². The molecule has 0 fully saturated rings. The molecule has 0 saturated carbocycles. The summed E-state index contributed by atoms with van der Waals surface area (Å²) >= 11 is 1.36. The Kier molecular flexibility index (Phi) is 9.32. The summed E-state index contributed by atoms with van der Waals surface area (Å²) in [5, 5.41) is 7.89. The fraction of sp³-hybridized carbons (Fsp3) is 0.0968. The minimum Gasteiger partial charge on any atom is -0.465 e. The van der Waals surface area contributed by atoms with E-state index in [2.05, 4.69) is 16.0 Å². The summed E-state index contributed by atoms with van der Waals surface area (Å²) in [6.45, 7) is 3.28. The smallest absolute Gasteiger partial charge is 0.272 e. The lowest BCUT2D eigenvalue weighted by atomic mass is 10.1. The van der Waals surface area contributed by atoms with Crippen LogP contribution in [-0.2, 0) is 9.59 Å². The number of rotatable bonds is 10. The second-order valence-corrected chi connectivity index (χ2v) is 10.2. The van der Waals surface area contributed by atoms with E-state index >= 15 is 0 Å². The lowest BCUT2D eigenvalue weighted by Crippen LogP contribution is -2.30. The zero-order valence-electron chi connectivity index (χ0n) is 21.8. The molecule has 0 saturated heterocycles. The van der Waals surface area contributed by atoms with Crippen LogP contribution < -0.4 is 16.0 Å². The third-order valence-electron chi connectivity index (χ3n) is 5.71. The molecule has 9 heteroatoms. The molecule has 0 aliphatic heterocycles. The number of anilines is 2. The van der Waals surface area contributed by atoms with E-state index in [1.165, 1.54) is 31.0 Å². The van der Waals surface area contributed by atoms with Crippen molar-refractivity contribution in [2.24, 2.45) is 0 Å². The van der Waals surface area contributed by atoms with Crippen LogP contribution >= 0.6 is 11.8 Å². The third-order valence-corrected chi connectivity index (χ3v) is 6.82. The molecule has 1 unspecified atom stereocenters. The maximum Gasteiger partial charge on any atom is 0.272 e. The number of ketones is 1. The highest BCUT2D eigenvalue weighted by Crippen LogP contribution is 2.26. The maximum atomic E-state index is 13.1. The van der Waals surface area contributed by atoms with Crippen LogP contribution in [0.4, 0.5) is 11.4 Å². The standard InChI is InChI=1S/C31H27N3O5S/c1-20(35)22-10-12-24(13-11-22)32-29(36)21(2)40-27-16-14-25(15-17-27)33-31(38)28(19-26-9-6-18-39-26)34-30(37)23-7-4-3-5-8-23/h3-19,21H,1-2H3,(H,32,36)(H,33,38)(H,34,37)/b28-19-. The molecule has 0 radical (unpaired) electrons. The van der Waals surface area contributed by atoms with Crippen LogP contribution in [0.1, 0.15) is 40.3 Å². The summed E-state index contributed by atoms with van der Waals surface area (Å²) in [6.07, 6.45) is 2.93. The Morgan fingerprint density at radius 3 is 2.05 bits per heavy atom. The highest BCUT2D eigenvalue weighted by Gasteiger charge is 2.17. The first-order valence-corrected chi connectivity index (χ1v) is 13.3. The largest absolute Gasteiger partial charge is 0.465 e. The van der Waals surface area contributed by atoms with Gasteiger partial charge in [0.15, 0.2) is 5.78 Å². The zero-order chi connectivity index (χ0) is 28.5. The number of carbonyl (C=O) groups is 4. The first kappa shape index (κ1) is 28.1. The van der Waals surface area contributed by atoms with Crippen molar-refractivity contribution >= 4 is 52.7 Å². The molecular weight excluding hydrogens is 526 g/mol. The van der Waals surface area contributed by atoms with Gasteiger partial charge in [-0.05, 0) is 86.6 Å². The monoisotopic (exact) mass is 553 g/mol. The van der Waals surface area contributed by atoms with E-state index in [9.17, 15) is 19.2 Å². The summed E-state index contributed by atoms with van der Waals surface area (Å²) < 4.78 is 5.32. The molecule has 202 valence electrons. The van der Waals surface area contributed by atoms with E-state index in [4.69, 9.17) is 4.42 Å². The highest BCUT2D eigenvalue weighted by molar-refractivity contribution is 8.00. The number of furan rings is 1. The minimum absolute atomic E-state index is 0.0175. The summed E-state index contributed by atoms with van der Waals surface area (Å²) in [6, 6.07) is 25.7. The molecule has 4 rings (SSSR count). The molecule has 1 aromatic heterocycles. The number of carbonyl (C=O) groups excluding carboxylic acids is 4. The van der Waals surface area contributed by atoms with Gasteiger partial charge in [0.2, 0.25) is 5.91 Å². The van der Waals surface area contributed by atoms with Crippen molar-refractivity contribution in [3.8, 4) is 0 Å². The molecule has 3 N–H and O–H groups in total. The van der Waals surface area contributed by atoms with E-state index in [1.54, 1.807) is 97.9 Å². The molecular formula is C31H27N3O5S. The van der Waals surface area contributed by atoms with E-state index in [1.807, 2.05) is 0 Å². The van der Waals surface area contributed by atoms with E-state index in [-0.39, 0.29) is 17.4 Å². The Morgan fingerprint density at radius 2 is 1.43 bits per heavy atom. The molecule has 3 amide bonds. The molecule has 1 atom stereocenters. The van der Waals surface area contributed by atoms with Crippen LogP contribution in [0, 0.1) is 0 Å². The van der Waals surface area contributed by atoms with Crippen molar-refractivity contribution < 1.29 is 23.6 Å². The quantitative estimate of drug-likeness (QED) is 0.126. The molecule has 0 aliphatic carbocycles. The van der Waals surface area contributed by atoms with Crippen molar-refractivity contribution in [1.29, 1.82) is 0 Å². The Balaban J connectivity index is 1.37. The number of thioether (sulfide) groups is 1. The number of hydrogen-bond acceptors (Lipinski definition) is 6. The summed E-state index contributed by atoms with van der Waals surface area (Å²) in [5.74, 6) is -0.762. The molecule has 0 aliphatic rings. The van der Waals surface area contributed by atoms with E-state index < -0.39 is 17.1 Å². The average Bonchev–Trinajstić information content (AvgIpc) is 3.47. The van der Waals surface area contributed by atoms with Crippen molar-refractivity contribution in [3.63, 3.8) is 0 Å². The lowest BCUT2D eigenvalue weighted by molar-refractivity contribution is -0.115. The van der Waals surface area contributed by atoms with Crippen LogP contribution in [-0.4, -0.2) is 28.8 Å². The minimum atomic E-state index is -0.523. The molecule has 3 aromatic carbocycles. The third kappa shape index (κ3) is 7.81. The maximum absolute atomic E-state index is 13.1. The second-order valence-electron chi connectivity index (χ2n) is 8.75. The predicted octanol–water partition coefficient (Wildman–Crippen LogP) is 6.01. The van der Waals surface area contributed by atoms with Gasteiger partial charge in [-0.2, -0.15) is 0 Å². The lowest BCUT2D eigenvalue weighted by Gasteiger charge is -2.13. The fourth-order valence-corrected chi connectivity index (χ4v) is 4.43. The molecule has 40 heavy (non-hydrogen) atoms. The van der Waals surface area contributed by atoms with Crippen LogP contribution in [0.5, 0.6) is 0 Å². The normalized spacial score (nSPS) is 11.8. The van der Waals surface area contributed by atoms with Gasteiger partial charge in [0, 0.05) is 33.5 Å². The predicted molar refractivity (Wildman–Crippen MR) is 156 cm³/mol.